The Labute approximate surface area is 161 Å². The highest BCUT2D eigenvalue weighted by molar-refractivity contribution is 5.97. The standard InChI is InChI=1S/C19H20N6O3/c1-24-18-16(22-23-24)9-13(11-20-18)19(27)25-7-8-28-12-15(25)10-17(26)21-14-5-3-2-4-6-14/h2-6,9,11,15H,7-8,10,12H2,1H3,(H,21,26)/t15-/m1/s1. The van der Waals surface area contributed by atoms with Crippen LogP contribution in [0.1, 0.15) is 16.8 Å². The van der Waals surface area contributed by atoms with E-state index in [0.717, 1.165) is 5.69 Å². The van der Waals surface area contributed by atoms with Crippen molar-refractivity contribution in [2.45, 2.75) is 12.5 Å². The predicted octanol–water partition coefficient (Wildman–Crippen LogP) is 1.23. The number of carbonyl (C=O) groups is 2. The minimum absolute atomic E-state index is 0.154. The molecular formula is C19H20N6O3. The molecule has 9 nitrogen and oxygen atoms in total. The minimum Gasteiger partial charge on any atom is -0.377 e. The molecule has 1 aliphatic rings. The first-order chi connectivity index (χ1) is 13.6. The summed E-state index contributed by atoms with van der Waals surface area (Å²) in [5.41, 5.74) is 2.31. The number of rotatable bonds is 4. The van der Waals surface area contributed by atoms with E-state index in [1.807, 2.05) is 30.3 Å². The molecule has 1 atom stereocenters. The van der Waals surface area contributed by atoms with E-state index in [1.54, 1.807) is 22.7 Å². The average molecular weight is 380 g/mol. The SMILES string of the molecule is Cn1nnc2cc(C(=O)N3CCOC[C@H]3CC(=O)Nc3ccccc3)cnc21. The van der Waals surface area contributed by atoms with Gasteiger partial charge in [-0.1, -0.05) is 23.4 Å². The maximum Gasteiger partial charge on any atom is 0.255 e. The predicted molar refractivity (Wildman–Crippen MR) is 102 cm³/mol. The van der Waals surface area contributed by atoms with Crippen LogP contribution in [0.25, 0.3) is 11.2 Å². The van der Waals surface area contributed by atoms with Gasteiger partial charge < -0.3 is 15.0 Å². The summed E-state index contributed by atoms with van der Waals surface area (Å²) >= 11 is 0. The number of nitrogens with one attached hydrogen (secondary N) is 1. The van der Waals surface area contributed by atoms with Crippen LogP contribution in [0.3, 0.4) is 0 Å². The van der Waals surface area contributed by atoms with Crippen molar-refractivity contribution < 1.29 is 14.3 Å². The molecule has 0 saturated carbocycles. The summed E-state index contributed by atoms with van der Waals surface area (Å²) in [7, 11) is 1.74. The van der Waals surface area contributed by atoms with E-state index in [0.29, 0.717) is 36.5 Å². The number of para-hydroxylation sites is 1. The third-order valence-electron chi connectivity index (χ3n) is 4.65. The summed E-state index contributed by atoms with van der Waals surface area (Å²) in [5, 5.41) is 10.8. The van der Waals surface area contributed by atoms with E-state index in [-0.39, 0.29) is 24.3 Å². The van der Waals surface area contributed by atoms with E-state index >= 15 is 0 Å². The van der Waals surface area contributed by atoms with Gasteiger partial charge in [-0.25, -0.2) is 9.67 Å². The molecular weight excluding hydrogens is 360 g/mol. The summed E-state index contributed by atoms with van der Waals surface area (Å²) in [6.45, 7) is 1.17. The van der Waals surface area contributed by atoms with Gasteiger partial charge >= 0.3 is 0 Å². The van der Waals surface area contributed by atoms with Crippen molar-refractivity contribution in [1.29, 1.82) is 0 Å². The lowest BCUT2D eigenvalue weighted by Crippen LogP contribution is -2.50. The number of hydrogen-bond donors (Lipinski definition) is 1. The summed E-state index contributed by atoms with van der Waals surface area (Å²) in [4.78, 5) is 31.4. The Morgan fingerprint density at radius 1 is 1.29 bits per heavy atom. The third kappa shape index (κ3) is 3.70. The molecule has 0 bridgehead atoms. The maximum atomic E-state index is 13.0. The number of carbonyl (C=O) groups excluding carboxylic acids is 2. The molecule has 9 heteroatoms. The molecule has 2 aromatic heterocycles. The highest BCUT2D eigenvalue weighted by Gasteiger charge is 2.30. The molecule has 1 saturated heterocycles. The van der Waals surface area contributed by atoms with Crippen molar-refractivity contribution in [3.63, 3.8) is 0 Å². The molecule has 0 spiro atoms. The van der Waals surface area contributed by atoms with Crippen LogP contribution < -0.4 is 5.32 Å². The van der Waals surface area contributed by atoms with Crippen molar-refractivity contribution in [3.05, 3.63) is 48.2 Å². The van der Waals surface area contributed by atoms with Gasteiger partial charge in [-0.05, 0) is 18.2 Å². The molecule has 0 radical (unpaired) electrons. The number of morpholine rings is 1. The van der Waals surface area contributed by atoms with Gasteiger partial charge in [0, 0.05) is 31.9 Å². The van der Waals surface area contributed by atoms with Crippen molar-refractivity contribution in [2.75, 3.05) is 25.1 Å². The van der Waals surface area contributed by atoms with Gasteiger partial charge in [0.2, 0.25) is 5.91 Å². The number of aryl methyl sites for hydroxylation is 1. The molecule has 28 heavy (non-hydrogen) atoms. The van der Waals surface area contributed by atoms with Crippen LogP contribution in [0, 0.1) is 0 Å². The average Bonchev–Trinajstić information content (AvgIpc) is 3.09. The molecule has 3 heterocycles. The minimum atomic E-state index is -0.345. The van der Waals surface area contributed by atoms with Crippen LogP contribution in [0.4, 0.5) is 5.69 Å². The summed E-state index contributed by atoms with van der Waals surface area (Å²) in [5.74, 6) is -0.358. The Morgan fingerprint density at radius 3 is 2.93 bits per heavy atom. The van der Waals surface area contributed by atoms with Crippen LogP contribution in [0.5, 0.6) is 0 Å². The monoisotopic (exact) mass is 380 g/mol. The number of fused-ring (bicyclic) bond motifs is 1. The van der Waals surface area contributed by atoms with Gasteiger partial charge in [0.25, 0.3) is 5.91 Å². The molecule has 3 aromatic rings. The topological polar surface area (TPSA) is 102 Å². The van der Waals surface area contributed by atoms with Gasteiger partial charge in [0.1, 0.15) is 5.52 Å². The van der Waals surface area contributed by atoms with Gasteiger partial charge in [-0.15, -0.1) is 5.10 Å². The Morgan fingerprint density at radius 2 is 2.11 bits per heavy atom. The molecule has 1 fully saturated rings. The third-order valence-corrected chi connectivity index (χ3v) is 4.65. The fourth-order valence-electron chi connectivity index (χ4n) is 3.25. The largest absolute Gasteiger partial charge is 0.377 e. The zero-order valence-electron chi connectivity index (χ0n) is 15.4. The van der Waals surface area contributed by atoms with E-state index in [4.69, 9.17) is 4.74 Å². The Balaban J connectivity index is 1.49. The highest BCUT2D eigenvalue weighted by atomic mass is 16.5. The number of amides is 2. The maximum absolute atomic E-state index is 13.0. The lowest BCUT2D eigenvalue weighted by atomic mass is 10.1. The highest BCUT2D eigenvalue weighted by Crippen LogP contribution is 2.18. The molecule has 0 aliphatic carbocycles. The Kier molecular flexibility index (Phi) is 4.98. The molecule has 144 valence electrons. The second-order valence-electron chi connectivity index (χ2n) is 6.63. The number of nitrogens with zero attached hydrogens (tertiary/aromatic N) is 5. The lowest BCUT2D eigenvalue weighted by molar-refractivity contribution is -0.118. The number of ether oxygens (including phenoxy) is 1. The van der Waals surface area contributed by atoms with Crippen LogP contribution >= 0.6 is 0 Å². The molecule has 0 unspecified atom stereocenters. The van der Waals surface area contributed by atoms with E-state index in [2.05, 4.69) is 20.6 Å². The molecule has 4 rings (SSSR count). The van der Waals surface area contributed by atoms with Gasteiger partial charge in [-0.2, -0.15) is 0 Å². The first-order valence-electron chi connectivity index (χ1n) is 9.01. The van der Waals surface area contributed by atoms with E-state index in [1.165, 1.54) is 6.20 Å². The summed E-state index contributed by atoms with van der Waals surface area (Å²) in [6, 6.07) is 10.6. The quantitative estimate of drug-likeness (QED) is 0.730. The Hall–Kier alpha value is -3.33. The normalized spacial score (nSPS) is 16.9. The zero-order valence-corrected chi connectivity index (χ0v) is 15.4. The van der Waals surface area contributed by atoms with Crippen molar-refractivity contribution in [1.82, 2.24) is 24.9 Å². The van der Waals surface area contributed by atoms with Gasteiger partial charge in [0.15, 0.2) is 5.65 Å². The van der Waals surface area contributed by atoms with E-state index < -0.39 is 0 Å². The number of anilines is 1. The number of hydrogen-bond acceptors (Lipinski definition) is 6. The van der Waals surface area contributed by atoms with E-state index in [9.17, 15) is 9.59 Å². The zero-order chi connectivity index (χ0) is 19.5. The fourth-order valence-corrected chi connectivity index (χ4v) is 3.25. The smallest absolute Gasteiger partial charge is 0.255 e. The molecule has 2 amide bonds. The van der Waals surface area contributed by atoms with Crippen LogP contribution in [-0.4, -0.2) is 62.5 Å². The summed E-state index contributed by atoms with van der Waals surface area (Å²) in [6.07, 6.45) is 1.67. The Bertz CT molecular complexity index is 1000. The molecule has 1 N–H and O–H groups in total. The van der Waals surface area contributed by atoms with Crippen LogP contribution in [0.2, 0.25) is 0 Å². The first kappa shape index (κ1) is 18.1. The first-order valence-corrected chi connectivity index (χ1v) is 9.01. The van der Waals surface area contributed by atoms with Crippen molar-refractivity contribution in [2.24, 2.45) is 7.05 Å². The second-order valence-corrected chi connectivity index (χ2v) is 6.63. The van der Waals surface area contributed by atoms with Gasteiger partial charge in [0.05, 0.1) is 24.8 Å². The van der Waals surface area contributed by atoms with Crippen LogP contribution in [0.15, 0.2) is 42.6 Å². The number of pyridine rings is 1. The van der Waals surface area contributed by atoms with Crippen molar-refractivity contribution >= 4 is 28.7 Å². The lowest BCUT2D eigenvalue weighted by Gasteiger charge is -2.35. The number of aromatic nitrogens is 4. The van der Waals surface area contributed by atoms with Gasteiger partial charge in [-0.3, -0.25) is 9.59 Å². The fraction of sp³-hybridized carbons (Fsp3) is 0.316. The van der Waals surface area contributed by atoms with Crippen LogP contribution in [-0.2, 0) is 16.6 Å². The molecule has 1 aromatic carbocycles. The second kappa shape index (κ2) is 7.73. The summed E-state index contributed by atoms with van der Waals surface area (Å²) < 4.78 is 7.06. The van der Waals surface area contributed by atoms with Crippen molar-refractivity contribution in [3.8, 4) is 0 Å². The molecule has 1 aliphatic heterocycles. The number of benzene rings is 1.